The Kier molecular flexibility index (Phi) is 3.49. The molecule has 4 nitrogen and oxygen atoms in total. The lowest BCUT2D eigenvalue weighted by Crippen LogP contribution is -2.16. The quantitative estimate of drug-likeness (QED) is 0.866. The van der Waals surface area contributed by atoms with Crippen molar-refractivity contribution in [2.75, 3.05) is 5.32 Å². The number of rotatable bonds is 2. The van der Waals surface area contributed by atoms with Crippen LogP contribution in [0.15, 0.2) is 35.1 Å². The minimum atomic E-state index is -0.245. The summed E-state index contributed by atoms with van der Waals surface area (Å²) in [5, 5.41) is 3.22. The molecule has 2 heterocycles. The van der Waals surface area contributed by atoms with Gasteiger partial charge in [-0.3, -0.25) is 4.79 Å². The van der Waals surface area contributed by atoms with Crippen LogP contribution >= 0.6 is 27.5 Å². The molecule has 0 saturated heterocycles. The number of anilines is 1. The van der Waals surface area contributed by atoms with Gasteiger partial charge in [0.05, 0.1) is 5.02 Å². The number of carbonyl (C=O) groups excluding carboxylic acids is 1. The van der Waals surface area contributed by atoms with Crippen LogP contribution in [0.2, 0.25) is 5.02 Å². The number of nitrogens with zero attached hydrogens (tertiary/aromatic N) is 2. The lowest BCUT2D eigenvalue weighted by atomic mass is 10.4. The summed E-state index contributed by atoms with van der Waals surface area (Å²) in [7, 11) is 1.76. The van der Waals surface area contributed by atoms with Crippen LogP contribution in [0.4, 0.5) is 5.82 Å². The fourth-order valence-corrected chi connectivity index (χ4v) is 2.00. The molecule has 17 heavy (non-hydrogen) atoms. The van der Waals surface area contributed by atoms with Gasteiger partial charge in [-0.25, -0.2) is 4.98 Å². The zero-order valence-corrected chi connectivity index (χ0v) is 11.3. The summed E-state index contributed by atoms with van der Waals surface area (Å²) >= 11 is 9.05. The number of amides is 1. The van der Waals surface area contributed by atoms with Crippen molar-refractivity contribution in [2.45, 2.75) is 0 Å². The van der Waals surface area contributed by atoms with Gasteiger partial charge in [0.15, 0.2) is 0 Å². The Bertz CT molecular complexity index is 568. The van der Waals surface area contributed by atoms with Crippen LogP contribution in [0.25, 0.3) is 0 Å². The molecule has 2 aromatic heterocycles. The molecule has 0 atom stereocenters. The van der Waals surface area contributed by atoms with Gasteiger partial charge in [-0.2, -0.15) is 0 Å². The Morgan fingerprint density at radius 3 is 2.88 bits per heavy atom. The third-order valence-corrected chi connectivity index (χ3v) is 2.81. The van der Waals surface area contributed by atoms with Crippen molar-refractivity contribution in [3.05, 3.63) is 45.8 Å². The topological polar surface area (TPSA) is 46.9 Å². The number of hydrogen-bond acceptors (Lipinski definition) is 2. The molecule has 0 spiro atoms. The average Bonchev–Trinajstić information content (AvgIpc) is 2.58. The fraction of sp³-hybridized carbons (Fsp3) is 0.0909. The number of aryl methyl sites for hydroxylation is 1. The fourth-order valence-electron chi connectivity index (χ4n) is 1.41. The summed E-state index contributed by atoms with van der Waals surface area (Å²) in [5.74, 6) is 0.242. The minimum Gasteiger partial charge on any atom is -0.345 e. The van der Waals surface area contributed by atoms with Crippen molar-refractivity contribution >= 4 is 39.3 Å². The summed E-state index contributed by atoms with van der Waals surface area (Å²) in [5.41, 5.74) is 0.483. The second-order valence-corrected chi connectivity index (χ2v) is 4.70. The van der Waals surface area contributed by atoms with Gasteiger partial charge in [0.25, 0.3) is 5.91 Å². The molecule has 88 valence electrons. The Morgan fingerprint density at radius 1 is 1.53 bits per heavy atom. The van der Waals surface area contributed by atoms with Crippen molar-refractivity contribution in [1.29, 1.82) is 0 Å². The highest BCUT2D eigenvalue weighted by Gasteiger charge is 2.11. The van der Waals surface area contributed by atoms with Gasteiger partial charge in [0.1, 0.15) is 16.1 Å². The van der Waals surface area contributed by atoms with E-state index in [-0.39, 0.29) is 5.91 Å². The van der Waals surface area contributed by atoms with E-state index in [0.717, 1.165) is 0 Å². The summed E-state index contributed by atoms with van der Waals surface area (Å²) in [6.45, 7) is 0. The Labute approximate surface area is 112 Å². The van der Waals surface area contributed by atoms with Crippen molar-refractivity contribution in [3.63, 3.8) is 0 Å². The highest BCUT2D eigenvalue weighted by molar-refractivity contribution is 9.10. The first kappa shape index (κ1) is 12.1. The predicted molar refractivity (Wildman–Crippen MR) is 70.3 cm³/mol. The molecule has 0 radical (unpaired) electrons. The van der Waals surface area contributed by atoms with Gasteiger partial charge >= 0.3 is 0 Å². The van der Waals surface area contributed by atoms with Gasteiger partial charge < -0.3 is 9.88 Å². The van der Waals surface area contributed by atoms with E-state index in [1.165, 1.54) is 0 Å². The molecule has 1 N–H and O–H groups in total. The molecule has 2 aromatic rings. The number of nitrogens with one attached hydrogen (secondary N) is 1. The Hall–Kier alpha value is -1.33. The van der Waals surface area contributed by atoms with Gasteiger partial charge in [-0.05, 0) is 34.1 Å². The van der Waals surface area contributed by atoms with Crippen LogP contribution in [0.1, 0.15) is 10.5 Å². The zero-order chi connectivity index (χ0) is 12.4. The van der Waals surface area contributed by atoms with E-state index in [0.29, 0.717) is 21.1 Å². The standard InChI is InChI=1S/C11H9BrClN3O/c1-16-6-7(13)5-8(16)11(17)15-10-4-2-3-9(12)14-10/h2-6H,1H3,(H,14,15,17). The second kappa shape index (κ2) is 4.89. The van der Waals surface area contributed by atoms with E-state index < -0.39 is 0 Å². The normalized spacial score (nSPS) is 10.3. The molecule has 2 rings (SSSR count). The minimum absolute atomic E-state index is 0.245. The van der Waals surface area contributed by atoms with Gasteiger partial charge in [0, 0.05) is 13.2 Å². The summed E-state index contributed by atoms with van der Waals surface area (Å²) in [6.07, 6.45) is 1.67. The highest BCUT2D eigenvalue weighted by atomic mass is 79.9. The predicted octanol–water partition coefficient (Wildman–Crippen LogP) is 3.09. The summed E-state index contributed by atoms with van der Waals surface area (Å²) in [6, 6.07) is 6.90. The van der Waals surface area contributed by atoms with Gasteiger partial charge in [-0.15, -0.1) is 0 Å². The maximum Gasteiger partial charge on any atom is 0.273 e. The lowest BCUT2D eigenvalue weighted by molar-refractivity contribution is 0.101. The molecule has 0 saturated carbocycles. The number of aromatic nitrogens is 2. The maximum absolute atomic E-state index is 11.9. The molecule has 6 heteroatoms. The molecule has 0 aliphatic carbocycles. The van der Waals surface area contributed by atoms with Crippen LogP contribution in [0, 0.1) is 0 Å². The van der Waals surface area contributed by atoms with Gasteiger partial charge in [0.2, 0.25) is 0 Å². The van der Waals surface area contributed by atoms with E-state index in [4.69, 9.17) is 11.6 Å². The molecule has 0 unspecified atom stereocenters. The second-order valence-electron chi connectivity index (χ2n) is 3.45. The first-order valence-corrected chi connectivity index (χ1v) is 5.99. The molecular formula is C11H9BrClN3O. The Balaban J connectivity index is 2.20. The van der Waals surface area contributed by atoms with Crippen LogP contribution < -0.4 is 5.32 Å². The van der Waals surface area contributed by atoms with E-state index in [1.54, 1.807) is 42.1 Å². The monoisotopic (exact) mass is 313 g/mol. The number of pyridine rings is 1. The summed E-state index contributed by atoms with van der Waals surface area (Å²) in [4.78, 5) is 16.0. The van der Waals surface area contributed by atoms with Crippen LogP contribution in [0.5, 0.6) is 0 Å². The molecule has 0 aliphatic heterocycles. The third-order valence-electron chi connectivity index (χ3n) is 2.16. The number of carbonyl (C=O) groups is 1. The van der Waals surface area contributed by atoms with Crippen molar-refractivity contribution < 1.29 is 4.79 Å². The number of halogens is 2. The lowest BCUT2D eigenvalue weighted by Gasteiger charge is -2.05. The van der Waals surface area contributed by atoms with Crippen molar-refractivity contribution in [3.8, 4) is 0 Å². The Morgan fingerprint density at radius 2 is 2.29 bits per heavy atom. The molecule has 1 amide bonds. The smallest absolute Gasteiger partial charge is 0.273 e. The summed E-state index contributed by atoms with van der Waals surface area (Å²) < 4.78 is 2.33. The SMILES string of the molecule is Cn1cc(Cl)cc1C(=O)Nc1cccc(Br)n1. The maximum atomic E-state index is 11.9. The van der Waals surface area contributed by atoms with Crippen molar-refractivity contribution in [2.24, 2.45) is 7.05 Å². The van der Waals surface area contributed by atoms with E-state index in [1.807, 2.05) is 0 Å². The van der Waals surface area contributed by atoms with E-state index in [2.05, 4.69) is 26.2 Å². The molecule has 0 aliphatic rings. The molecule has 0 aromatic carbocycles. The zero-order valence-electron chi connectivity index (χ0n) is 8.95. The van der Waals surface area contributed by atoms with E-state index in [9.17, 15) is 4.79 Å². The number of hydrogen-bond donors (Lipinski definition) is 1. The third kappa shape index (κ3) is 2.87. The first-order valence-electron chi connectivity index (χ1n) is 4.82. The van der Waals surface area contributed by atoms with Crippen LogP contribution in [-0.2, 0) is 7.05 Å². The van der Waals surface area contributed by atoms with Gasteiger partial charge in [-0.1, -0.05) is 17.7 Å². The highest BCUT2D eigenvalue weighted by Crippen LogP contribution is 2.15. The molecule has 0 bridgehead atoms. The van der Waals surface area contributed by atoms with E-state index >= 15 is 0 Å². The molecular weight excluding hydrogens is 305 g/mol. The largest absolute Gasteiger partial charge is 0.345 e. The molecule has 0 fully saturated rings. The van der Waals surface area contributed by atoms with Crippen LogP contribution in [0.3, 0.4) is 0 Å². The van der Waals surface area contributed by atoms with Crippen LogP contribution in [-0.4, -0.2) is 15.5 Å². The van der Waals surface area contributed by atoms with Crippen molar-refractivity contribution in [1.82, 2.24) is 9.55 Å². The first-order chi connectivity index (χ1) is 8.06. The average molecular weight is 315 g/mol.